The lowest BCUT2D eigenvalue weighted by atomic mass is 9.91. The van der Waals surface area contributed by atoms with Crippen molar-refractivity contribution in [3.63, 3.8) is 0 Å². The normalized spacial score (nSPS) is 18.3. The van der Waals surface area contributed by atoms with Crippen molar-refractivity contribution in [2.45, 2.75) is 56.9 Å². The molecular weight excluding hydrogens is 408 g/mol. The van der Waals surface area contributed by atoms with Gasteiger partial charge in [0.25, 0.3) is 0 Å². The number of H-pyrrole nitrogens is 1. The molecular formula is C22H25F2N3O4. The van der Waals surface area contributed by atoms with Crippen LogP contribution in [0.15, 0.2) is 17.1 Å². The number of nitrogens with one attached hydrogen (secondary N) is 1. The molecule has 0 atom stereocenters. The molecule has 3 aliphatic rings. The number of hydrogen-bond donors (Lipinski definition) is 1. The Morgan fingerprint density at radius 2 is 1.55 bits per heavy atom. The first kappa shape index (κ1) is 21.3. The second-order valence-corrected chi connectivity index (χ2v) is 8.09. The molecule has 5 rings (SSSR count). The minimum absolute atomic E-state index is 0.121. The van der Waals surface area contributed by atoms with E-state index in [1.807, 2.05) is 0 Å². The number of aromatic amines is 1. The van der Waals surface area contributed by atoms with E-state index in [-0.39, 0.29) is 18.0 Å². The number of benzene rings is 1. The summed E-state index contributed by atoms with van der Waals surface area (Å²) in [5.41, 5.74) is -1.03. The maximum Gasteiger partial charge on any atom is 0.345 e. The summed E-state index contributed by atoms with van der Waals surface area (Å²) in [7, 11) is 2.48. The Kier molecular flexibility index (Phi) is 5.68. The van der Waals surface area contributed by atoms with Crippen LogP contribution >= 0.6 is 0 Å². The summed E-state index contributed by atoms with van der Waals surface area (Å²) in [5.74, 6) is -2.92. The highest BCUT2D eigenvalue weighted by molar-refractivity contribution is 6.05. The van der Waals surface area contributed by atoms with Gasteiger partial charge in [-0.1, -0.05) is 32.1 Å². The van der Waals surface area contributed by atoms with Crippen LogP contribution in [0, 0.1) is 11.6 Å². The van der Waals surface area contributed by atoms with Gasteiger partial charge in [0.15, 0.2) is 23.1 Å². The zero-order chi connectivity index (χ0) is 22.2. The first-order valence-corrected chi connectivity index (χ1v) is 10.4. The van der Waals surface area contributed by atoms with E-state index >= 15 is 0 Å². The van der Waals surface area contributed by atoms with Gasteiger partial charge in [0.05, 0.1) is 26.2 Å². The number of rotatable bonds is 3. The summed E-state index contributed by atoms with van der Waals surface area (Å²) in [5, 5.41) is 0. The molecule has 1 N–H and O–H groups in total. The van der Waals surface area contributed by atoms with Gasteiger partial charge in [0, 0.05) is 23.5 Å². The molecule has 0 unspecified atom stereocenters. The van der Waals surface area contributed by atoms with E-state index in [1.165, 1.54) is 52.5 Å². The highest BCUT2D eigenvalue weighted by Crippen LogP contribution is 2.53. The smallest absolute Gasteiger partial charge is 0.345 e. The van der Waals surface area contributed by atoms with E-state index in [1.54, 1.807) is 0 Å². The number of carbonyl (C=O) groups is 1. The first-order valence-electron chi connectivity index (χ1n) is 10.4. The Labute approximate surface area is 178 Å². The number of fused-ring (bicyclic) bond motifs is 2. The molecule has 0 radical (unpaired) electrons. The van der Waals surface area contributed by atoms with Crippen molar-refractivity contribution < 1.29 is 23.0 Å². The van der Waals surface area contributed by atoms with Crippen LogP contribution in [0.2, 0.25) is 0 Å². The summed E-state index contributed by atoms with van der Waals surface area (Å²) < 4.78 is 39.5. The molecule has 31 heavy (non-hydrogen) atoms. The summed E-state index contributed by atoms with van der Waals surface area (Å²) in [6, 6.07) is 1.09. The fourth-order valence-electron chi connectivity index (χ4n) is 4.34. The number of hydrogen-bond acceptors (Lipinski definition) is 5. The molecule has 166 valence electrons. The second kappa shape index (κ2) is 8.28. The van der Waals surface area contributed by atoms with Gasteiger partial charge < -0.3 is 19.4 Å². The van der Waals surface area contributed by atoms with Gasteiger partial charge in [-0.2, -0.15) is 0 Å². The first-order chi connectivity index (χ1) is 14.9. The molecule has 2 fully saturated rings. The largest absolute Gasteiger partial charge is 0.493 e. The van der Waals surface area contributed by atoms with Crippen molar-refractivity contribution in [3.05, 3.63) is 45.6 Å². The summed E-state index contributed by atoms with van der Waals surface area (Å²) in [6.07, 6.45) is 9.81. The summed E-state index contributed by atoms with van der Waals surface area (Å²) >= 11 is 0. The standard InChI is InChI=1S/C17H15F2N3O4.C5H10/c1-25-9-5-10(26-2)12(19)13(11(9)18)22-7-8-6-20-16(24)21-14(8)17(3-4-17)15(22)23;1-2-4-5-3-1/h5-6H,3-4,7H2,1-2H3,(H,20,21,24);1-5H2. The van der Waals surface area contributed by atoms with E-state index in [2.05, 4.69) is 9.97 Å². The third-order valence-electron chi connectivity index (χ3n) is 6.17. The third kappa shape index (κ3) is 3.66. The molecule has 1 aliphatic heterocycles. The van der Waals surface area contributed by atoms with E-state index < -0.39 is 34.3 Å². The average molecular weight is 433 g/mol. The fraction of sp³-hybridized carbons (Fsp3) is 0.500. The number of methoxy groups -OCH3 is 2. The van der Waals surface area contributed by atoms with Gasteiger partial charge in [0.1, 0.15) is 5.69 Å². The number of nitrogens with zero attached hydrogens (tertiary/aromatic N) is 2. The van der Waals surface area contributed by atoms with Crippen LogP contribution < -0.4 is 20.1 Å². The molecule has 9 heteroatoms. The van der Waals surface area contributed by atoms with Crippen molar-refractivity contribution in [2.75, 3.05) is 19.1 Å². The fourth-order valence-corrected chi connectivity index (χ4v) is 4.34. The van der Waals surface area contributed by atoms with Crippen LogP contribution in [0.5, 0.6) is 11.5 Å². The number of amides is 1. The number of aromatic nitrogens is 2. The number of carbonyl (C=O) groups excluding carboxylic acids is 1. The maximum atomic E-state index is 14.8. The van der Waals surface area contributed by atoms with Crippen molar-refractivity contribution in [2.24, 2.45) is 0 Å². The highest BCUT2D eigenvalue weighted by atomic mass is 19.1. The molecule has 1 aromatic heterocycles. The topological polar surface area (TPSA) is 84.5 Å². The van der Waals surface area contributed by atoms with Crippen LogP contribution in [0.25, 0.3) is 0 Å². The van der Waals surface area contributed by atoms with Crippen LogP contribution in [-0.2, 0) is 16.8 Å². The van der Waals surface area contributed by atoms with Gasteiger partial charge in [0.2, 0.25) is 5.91 Å². The van der Waals surface area contributed by atoms with Crippen LogP contribution in [0.4, 0.5) is 14.5 Å². The van der Waals surface area contributed by atoms with E-state index in [0.29, 0.717) is 24.1 Å². The van der Waals surface area contributed by atoms with Crippen LogP contribution in [-0.4, -0.2) is 30.1 Å². The lowest BCUT2D eigenvalue weighted by molar-refractivity contribution is -0.121. The molecule has 1 aromatic carbocycles. The zero-order valence-corrected chi connectivity index (χ0v) is 17.6. The Morgan fingerprint density at radius 1 is 1.00 bits per heavy atom. The summed E-state index contributed by atoms with van der Waals surface area (Å²) in [4.78, 5) is 31.9. The molecule has 2 aliphatic carbocycles. The van der Waals surface area contributed by atoms with Crippen molar-refractivity contribution in [3.8, 4) is 11.5 Å². The van der Waals surface area contributed by atoms with Gasteiger partial charge in [-0.3, -0.25) is 4.79 Å². The molecule has 1 amide bonds. The number of anilines is 1. The molecule has 1 spiro atoms. The van der Waals surface area contributed by atoms with Crippen molar-refractivity contribution >= 4 is 11.6 Å². The van der Waals surface area contributed by atoms with Gasteiger partial charge in [-0.25, -0.2) is 18.6 Å². The summed E-state index contributed by atoms with van der Waals surface area (Å²) in [6.45, 7) is -0.121. The zero-order valence-electron chi connectivity index (χ0n) is 17.6. The second-order valence-electron chi connectivity index (χ2n) is 8.09. The third-order valence-corrected chi connectivity index (χ3v) is 6.17. The van der Waals surface area contributed by atoms with Crippen LogP contribution in [0.3, 0.4) is 0 Å². The Bertz CT molecular complexity index is 1030. The molecule has 2 heterocycles. The van der Waals surface area contributed by atoms with Crippen molar-refractivity contribution in [1.29, 1.82) is 0 Å². The van der Waals surface area contributed by atoms with Gasteiger partial charge in [-0.05, 0) is 12.8 Å². The van der Waals surface area contributed by atoms with E-state index in [0.717, 1.165) is 11.0 Å². The van der Waals surface area contributed by atoms with Gasteiger partial charge in [-0.15, -0.1) is 0 Å². The highest BCUT2D eigenvalue weighted by Gasteiger charge is 2.58. The van der Waals surface area contributed by atoms with Gasteiger partial charge >= 0.3 is 5.69 Å². The molecule has 0 bridgehead atoms. The molecule has 0 saturated heterocycles. The Hall–Kier alpha value is -2.97. The lowest BCUT2D eigenvalue weighted by Gasteiger charge is -2.34. The molecule has 7 nitrogen and oxygen atoms in total. The molecule has 2 saturated carbocycles. The quantitative estimate of drug-likeness (QED) is 0.800. The lowest BCUT2D eigenvalue weighted by Crippen LogP contribution is -2.46. The van der Waals surface area contributed by atoms with Crippen molar-refractivity contribution in [1.82, 2.24) is 9.97 Å². The predicted molar refractivity (Wildman–Crippen MR) is 110 cm³/mol. The predicted octanol–water partition coefficient (Wildman–Crippen LogP) is 3.59. The average Bonchev–Trinajstić information content (AvgIpc) is 3.32. The minimum atomic E-state index is -0.990. The maximum absolute atomic E-state index is 14.8. The Morgan fingerprint density at radius 3 is 2.03 bits per heavy atom. The Balaban J connectivity index is 0.000000407. The van der Waals surface area contributed by atoms with Crippen LogP contribution in [0.1, 0.15) is 56.2 Å². The number of halogens is 2. The molecule has 2 aromatic rings. The number of ether oxygens (including phenoxy) is 2. The SMILES string of the molecule is C1CCCC1.COc1cc(OC)c(F)c(N2Cc3cnc(=O)[nH]c3C3(CC3)C2=O)c1F. The van der Waals surface area contributed by atoms with E-state index in [9.17, 15) is 18.4 Å². The van der Waals surface area contributed by atoms with E-state index in [4.69, 9.17) is 9.47 Å². The monoisotopic (exact) mass is 433 g/mol. The minimum Gasteiger partial charge on any atom is -0.493 e.